The van der Waals surface area contributed by atoms with E-state index in [4.69, 9.17) is 5.11 Å². The average Bonchev–Trinajstić information content (AvgIpc) is 2.87. The van der Waals surface area contributed by atoms with Crippen molar-refractivity contribution in [2.75, 3.05) is 13.2 Å². The minimum absolute atomic E-state index is 0.0580. The number of nitrogens with one attached hydrogen (secondary N) is 1. The molecule has 1 heterocycles. The van der Waals surface area contributed by atoms with Crippen molar-refractivity contribution in [3.05, 3.63) is 21.4 Å². The molecule has 1 aromatic rings. The van der Waals surface area contributed by atoms with Crippen molar-refractivity contribution in [3.63, 3.8) is 0 Å². The Kier molecular flexibility index (Phi) is 4.83. The number of carbonyl (C=O) groups is 1. The van der Waals surface area contributed by atoms with Crippen LogP contribution in [-0.2, 0) is 12.8 Å². The normalized spacial score (nSPS) is 21.1. The smallest absolute Gasteiger partial charge is 0.261 e. The first-order chi connectivity index (χ1) is 9.45. The number of thiophene rings is 1. The van der Waals surface area contributed by atoms with Gasteiger partial charge in [0.15, 0.2) is 0 Å². The molecule has 0 aromatic carbocycles. The Morgan fingerprint density at radius 3 is 3.00 bits per heavy atom. The molecule has 20 heavy (non-hydrogen) atoms. The lowest BCUT2D eigenvalue weighted by molar-refractivity contribution is 0.00323. The highest BCUT2D eigenvalue weighted by molar-refractivity contribution is 7.14. The van der Waals surface area contributed by atoms with Crippen LogP contribution in [0.25, 0.3) is 0 Å². The zero-order chi connectivity index (χ0) is 14.8. The van der Waals surface area contributed by atoms with Gasteiger partial charge >= 0.3 is 0 Å². The van der Waals surface area contributed by atoms with E-state index in [0.29, 0.717) is 4.88 Å². The second-order valence-corrected chi connectivity index (χ2v) is 7.05. The van der Waals surface area contributed by atoms with E-state index in [1.54, 1.807) is 11.3 Å². The van der Waals surface area contributed by atoms with Gasteiger partial charge in [0.25, 0.3) is 5.91 Å². The molecule has 5 heteroatoms. The average molecular weight is 297 g/mol. The van der Waals surface area contributed by atoms with E-state index in [1.807, 2.05) is 6.07 Å². The Balaban J connectivity index is 2.00. The third kappa shape index (κ3) is 3.59. The molecule has 0 fully saturated rings. The number of aryl methyl sites for hydroxylation is 1. The first-order valence-corrected chi connectivity index (χ1v) is 8.00. The van der Waals surface area contributed by atoms with E-state index in [-0.39, 0.29) is 19.1 Å². The summed E-state index contributed by atoms with van der Waals surface area (Å²) in [5.41, 5.74) is 0.0481. The molecule has 0 spiro atoms. The summed E-state index contributed by atoms with van der Waals surface area (Å²) in [4.78, 5) is 14.1. The zero-order valence-electron chi connectivity index (χ0n) is 12.1. The van der Waals surface area contributed by atoms with Gasteiger partial charge in [-0.1, -0.05) is 13.3 Å². The zero-order valence-corrected chi connectivity index (χ0v) is 12.9. The summed E-state index contributed by atoms with van der Waals surface area (Å²) < 4.78 is 0. The lowest BCUT2D eigenvalue weighted by atomic mass is 9.87. The SMILES string of the molecule is CCC1CCc2sc(C(=O)NCC(C)(O)CO)cc2C1. The van der Waals surface area contributed by atoms with Gasteiger partial charge in [-0.3, -0.25) is 4.79 Å². The van der Waals surface area contributed by atoms with Crippen LogP contribution in [0.1, 0.15) is 46.8 Å². The molecular weight excluding hydrogens is 274 g/mol. The molecule has 0 radical (unpaired) electrons. The van der Waals surface area contributed by atoms with Crippen LogP contribution in [0, 0.1) is 5.92 Å². The van der Waals surface area contributed by atoms with E-state index in [0.717, 1.165) is 18.8 Å². The number of hydrogen-bond donors (Lipinski definition) is 3. The van der Waals surface area contributed by atoms with Crippen LogP contribution in [-0.4, -0.2) is 34.9 Å². The summed E-state index contributed by atoms with van der Waals surface area (Å²) in [7, 11) is 0. The van der Waals surface area contributed by atoms with Gasteiger partial charge < -0.3 is 15.5 Å². The second-order valence-electron chi connectivity index (χ2n) is 5.91. The van der Waals surface area contributed by atoms with Crippen molar-refractivity contribution in [2.24, 2.45) is 5.92 Å². The Labute approximate surface area is 123 Å². The summed E-state index contributed by atoms with van der Waals surface area (Å²) in [6, 6.07) is 1.99. The minimum Gasteiger partial charge on any atom is -0.393 e. The van der Waals surface area contributed by atoms with Gasteiger partial charge in [0.2, 0.25) is 0 Å². The molecule has 0 bridgehead atoms. The molecule has 3 N–H and O–H groups in total. The third-order valence-electron chi connectivity index (χ3n) is 3.96. The van der Waals surface area contributed by atoms with E-state index < -0.39 is 5.60 Å². The number of hydrogen-bond acceptors (Lipinski definition) is 4. The summed E-state index contributed by atoms with van der Waals surface area (Å²) in [6.45, 7) is 3.40. The highest BCUT2D eigenvalue weighted by Crippen LogP contribution is 2.33. The summed E-state index contributed by atoms with van der Waals surface area (Å²) >= 11 is 1.56. The van der Waals surface area contributed by atoms with Crippen molar-refractivity contribution in [2.45, 2.75) is 45.1 Å². The monoisotopic (exact) mass is 297 g/mol. The van der Waals surface area contributed by atoms with Crippen LogP contribution in [0.5, 0.6) is 0 Å². The molecule has 4 nitrogen and oxygen atoms in total. The molecule has 1 amide bonds. The van der Waals surface area contributed by atoms with Crippen molar-refractivity contribution in [1.29, 1.82) is 0 Å². The molecule has 1 aromatic heterocycles. The standard InChI is InChI=1S/C15H23NO3S/c1-3-10-4-5-12-11(6-10)7-13(20-12)14(18)16-8-15(2,19)9-17/h7,10,17,19H,3-6,8-9H2,1-2H3,(H,16,18). The topological polar surface area (TPSA) is 69.6 Å². The van der Waals surface area contributed by atoms with Crippen LogP contribution >= 0.6 is 11.3 Å². The molecule has 112 valence electrons. The first-order valence-electron chi connectivity index (χ1n) is 7.18. The summed E-state index contributed by atoms with van der Waals surface area (Å²) in [5, 5.41) is 21.3. The number of amides is 1. The predicted molar refractivity (Wildman–Crippen MR) is 80.2 cm³/mol. The highest BCUT2D eigenvalue weighted by Gasteiger charge is 2.24. The van der Waals surface area contributed by atoms with E-state index >= 15 is 0 Å². The van der Waals surface area contributed by atoms with E-state index in [2.05, 4.69) is 12.2 Å². The maximum atomic E-state index is 12.1. The molecular formula is C15H23NO3S. The van der Waals surface area contributed by atoms with Gasteiger partial charge in [0.05, 0.1) is 11.5 Å². The molecule has 0 saturated carbocycles. The fourth-order valence-corrected chi connectivity index (χ4v) is 3.60. The minimum atomic E-state index is -1.26. The van der Waals surface area contributed by atoms with E-state index in [9.17, 15) is 9.90 Å². The third-order valence-corrected chi connectivity index (χ3v) is 5.19. The molecule has 1 aliphatic rings. The summed E-state index contributed by atoms with van der Waals surface area (Å²) in [6.07, 6.45) is 4.55. The van der Waals surface area contributed by atoms with Gasteiger partial charge in [-0.15, -0.1) is 11.3 Å². The van der Waals surface area contributed by atoms with Crippen molar-refractivity contribution in [3.8, 4) is 0 Å². The molecule has 0 saturated heterocycles. The van der Waals surface area contributed by atoms with Crippen LogP contribution in [0.3, 0.4) is 0 Å². The summed E-state index contributed by atoms with van der Waals surface area (Å²) in [5.74, 6) is 0.578. The number of rotatable bonds is 5. The van der Waals surface area contributed by atoms with Crippen LogP contribution in [0.15, 0.2) is 6.07 Å². The molecule has 0 aliphatic heterocycles. The Hall–Kier alpha value is -0.910. The van der Waals surface area contributed by atoms with Gasteiger partial charge in [-0.2, -0.15) is 0 Å². The Morgan fingerprint density at radius 1 is 1.60 bits per heavy atom. The van der Waals surface area contributed by atoms with Gasteiger partial charge in [0, 0.05) is 11.4 Å². The molecule has 2 unspecified atom stereocenters. The van der Waals surface area contributed by atoms with E-state index in [1.165, 1.54) is 30.2 Å². The molecule has 1 aliphatic carbocycles. The van der Waals surface area contributed by atoms with Crippen molar-refractivity contribution < 1.29 is 15.0 Å². The second kappa shape index (κ2) is 6.24. The van der Waals surface area contributed by atoms with Crippen molar-refractivity contribution in [1.82, 2.24) is 5.32 Å². The van der Waals surface area contributed by atoms with Gasteiger partial charge in [-0.25, -0.2) is 0 Å². The fraction of sp³-hybridized carbons (Fsp3) is 0.667. The highest BCUT2D eigenvalue weighted by atomic mass is 32.1. The number of aliphatic hydroxyl groups is 2. The largest absolute Gasteiger partial charge is 0.393 e. The van der Waals surface area contributed by atoms with Crippen LogP contribution in [0.4, 0.5) is 0 Å². The first kappa shape index (κ1) is 15.5. The van der Waals surface area contributed by atoms with Gasteiger partial charge in [-0.05, 0) is 43.7 Å². The van der Waals surface area contributed by atoms with Gasteiger partial charge in [0.1, 0.15) is 5.60 Å². The van der Waals surface area contributed by atoms with Crippen LogP contribution < -0.4 is 5.32 Å². The Morgan fingerprint density at radius 2 is 2.35 bits per heavy atom. The van der Waals surface area contributed by atoms with Crippen molar-refractivity contribution >= 4 is 17.2 Å². The van der Waals surface area contributed by atoms with Crippen LogP contribution in [0.2, 0.25) is 0 Å². The predicted octanol–water partition coefficient (Wildman–Crippen LogP) is 1.74. The fourth-order valence-electron chi connectivity index (χ4n) is 2.47. The Bertz CT molecular complexity index is 481. The lowest BCUT2D eigenvalue weighted by Crippen LogP contribution is -2.43. The molecule has 2 rings (SSSR count). The number of carbonyl (C=O) groups excluding carboxylic acids is 1. The maximum absolute atomic E-state index is 12.1. The quantitative estimate of drug-likeness (QED) is 0.775. The number of fused-ring (bicyclic) bond motifs is 1. The lowest BCUT2D eigenvalue weighted by Gasteiger charge is -2.20. The molecule has 2 atom stereocenters. The number of aliphatic hydroxyl groups excluding tert-OH is 1. The maximum Gasteiger partial charge on any atom is 0.261 e.